The van der Waals surface area contributed by atoms with Gasteiger partial charge in [-0.25, -0.2) is 4.39 Å². The van der Waals surface area contributed by atoms with Crippen molar-refractivity contribution < 1.29 is 23.4 Å². The predicted molar refractivity (Wildman–Crippen MR) is 170 cm³/mol. The predicted octanol–water partition coefficient (Wildman–Crippen LogP) is 3.15. The van der Waals surface area contributed by atoms with Gasteiger partial charge >= 0.3 is 0 Å². The number of morpholine rings is 1. The lowest BCUT2D eigenvalue weighted by Crippen LogP contribution is -2.63. The Morgan fingerprint density at radius 3 is 2.68 bits per heavy atom. The average Bonchev–Trinajstić information content (AvgIpc) is 3.00. The smallest absolute Gasteiger partial charge is 0.241 e. The molecule has 0 aliphatic carbocycles. The van der Waals surface area contributed by atoms with Crippen LogP contribution >= 0.6 is 0 Å². The number of carbonyl (C=O) groups is 1. The number of benzene rings is 1. The number of anilines is 2. The molecule has 2 aromatic rings. The van der Waals surface area contributed by atoms with Crippen molar-refractivity contribution in [1.29, 1.82) is 0 Å². The molecule has 0 bridgehead atoms. The highest BCUT2D eigenvalue weighted by Gasteiger charge is 2.37. The Morgan fingerprint density at radius 1 is 1.14 bits per heavy atom. The van der Waals surface area contributed by atoms with Gasteiger partial charge in [0.15, 0.2) is 0 Å². The Kier molecular flexibility index (Phi) is 11.1. The molecule has 0 radical (unpaired) electrons. The molecule has 2 fully saturated rings. The van der Waals surface area contributed by atoms with Crippen molar-refractivity contribution in [2.75, 3.05) is 76.5 Å². The van der Waals surface area contributed by atoms with Crippen LogP contribution in [0, 0.1) is 5.82 Å². The quantitative estimate of drug-likeness (QED) is 0.372. The molecule has 1 aromatic carbocycles. The maximum absolute atomic E-state index is 14.2. The minimum absolute atomic E-state index is 0.0397. The van der Waals surface area contributed by atoms with Gasteiger partial charge in [0.1, 0.15) is 23.9 Å². The van der Waals surface area contributed by atoms with Crippen LogP contribution in [0.3, 0.4) is 0 Å². The van der Waals surface area contributed by atoms with Crippen LogP contribution in [0.4, 0.5) is 15.9 Å². The molecule has 4 heterocycles. The van der Waals surface area contributed by atoms with Gasteiger partial charge in [-0.1, -0.05) is 19.1 Å². The number of ether oxygens (including phenoxy) is 3. The van der Waals surface area contributed by atoms with Gasteiger partial charge in [-0.15, -0.1) is 0 Å². The van der Waals surface area contributed by atoms with E-state index in [9.17, 15) is 9.18 Å². The Hall–Kier alpha value is -2.83. The molecule has 10 nitrogen and oxygen atoms in total. The fourth-order valence-corrected chi connectivity index (χ4v) is 6.58. The summed E-state index contributed by atoms with van der Waals surface area (Å²) in [6.07, 6.45) is 1.57. The molecule has 11 heteroatoms. The minimum atomic E-state index is -0.274. The van der Waals surface area contributed by atoms with Crippen LogP contribution in [-0.2, 0) is 20.7 Å². The lowest BCUT2D eigenvalue weighted by atomic mass is 10.0. The molecule has 44 heavy (non-hydrogen) atoms. The highest BCUT2D eigenvalue weighted by Crippen LogP contribution is 2.37. The number of halogens is 1. The van der Waals surface area contributed by atoms with E-state index in [4.69, 9.17) is 19.2 Å². The third-order valence-electron chi connectivity index (χ3n) is 9.05. The normalized spacial score (nSPS) is 26.2. The molecule has 5 atom stereocenters. The molecular formula is C33H49FN6O4. The molecule has 1 amide bonds. The largest absolute Gasteiger partial charge is 0.474 e. The van der Waals surface area contributed by atoms with Crippen molar-refractivity contribution in [2.45, 2.75) is 70.7 Å². The summed E-state index contributed by atoms with van der Waals surface area (Å²) in [6.45, 7) is 14.4. The van der Waals surface area contributed by atoms with Crippen molar-refractivity contribution in [1.82, 2.24) is 20.1 Å². The monoisotopic (exact) mass is 612 g/mol. The van der Waals surface area contributed by atoms with E-state index in [1.165, 1.54) is 12.1 Å². The molecule has 2 saturated heterocycles. The SMILES string of the molecule is CC[C@@H]1COC[C@@H](C)N1C[C@H]1CN[C@H](C)CN1CC(=O)N1c2cc(Cc3ccc(F)cc3)c(NCCOC)nc2OC[C@@H]1C. The van der Waals surface area contributed by atoms with E-state index in [2.05, 4.69) is 41.2 Å². The second kappa shape index (κ2) is 15.0. The third-order valence-corrected chi connectivity index (χ3v) is 9.05. The van der Waals surface area contributed by atoms with Gasteiger partial charge in [0, 0.05) is 69.4 Å². The van der Waals surface area contributed by atoms with Crippen LogP contribution in [0.25, 0.3) is 0 Å². The van der Waals surface area contributed by atoms with E-state index < -0.39 is 0 Å². The Bertz CT molecular complexity index is 1250. The highest BCUT2D eigenvalue weighted by molar-refractivity contribution is 5.97. The van der Waals surface area contributed by atoms with Gasteiger partial charge in [0.2, 0.25) is 11.8 Å². The van der Waals surface area contributed by atoms with Crippen molar-refractivity contribution in [3.8, 4) is 5.88 Å². The average molecular weight is 613 g/mol. The number of carbonyl (C=O) groups excluding carboxylic acids is 1. The first-order valence-electron chi connectivity index (χ1n) is 16.0. The van der Waals surface area contributed by atoms with E-state index in [0.717, 1.165) is 50.4 Å². The lowest BCUT2D eigenvalue weighted by molar-refractivity contribution is -0.122. The zero-order valence-electron chi connectivity index (χ0n) is 26.9. The first-order chi connectivity index (χ1) is 21.3. The summed E-state index contributed by atoms with van der Waals surface area (Å²) >= 11 is 0. The number of rotatable bonds is 11. The number of aromatic nitrogens is 1. The zero-order valence-corrected chi connectivity index (χ0v) is 26.9. The second-order valence-electron chi connectivity index (χ2n) is 12.5. The summed E-state index contributed by atoms with van der Waals surface area (Å²) in [5.74, 6) is 0.881. The summed E-state index contributed by atoms with van der Waals surface area (Å²) in [5.41, 5.74) is 2.53. The van der Waals surface area contributed by atoms with E-state index in [1.807, 2.05) is 17.9 Å². The number of hydrogen-bond donors (Lipinski definition) is 2. The number of pyridine rings is 1. The van der Waals surface area contributed by atoms with Gasteiger partial charge < -0.3 is 29.7 Å². The highest BCUT2D eigenvalue weighted by atomic mass is 19.1. The van der Waals surface area contributed by atoms with Crippen LogP contribution in [-0.4, -0.2) is 117 Å². The minimum Gasteiger partial charge on any atom is -0.474 e. The van der Waals surface area contributed by atoms with Crippen LogP contribution in [0.5, 0.6) is 5.88 Å². The maximum atomic E-state index is 14.2. The summed E-state index contributed by atoms with van der Waals surface area (Å²) in [7, 11) is 1.66. The zero-order chi connectivity index (χ0) is 31.2. The van der Waals surface area contributed by atoms with Gasteiger partial charge in [-0.2, -0.15) is 4.98 Å². The van der Waals surface area contributed by atoms with Crippen LogP contribution < -0.4 is 20.3 Å². The lowest BCUT2D eigenvalue weighted by Gasteiger charge is -2.47. The van der Waals surface area contributed by atoms with Crippen LogP contribution in [0.15, 0.2) is 30.3 Å². The molecule has 242 valence electrons. The topological polar surface area (TPSA) is 91.4 Å². The number of amides is 1. The number of methoxy groups -OCH3 is 1. The number of nitrogens with zero attached hydrogens (tertiary/aromatic N) is 4. The molecule has 2 N–H and O–H groups in total. The second-order valence-corrected chi connectivity index (χ2v) is 12.5. The molecule has 5 rings (SSSR count). The standard InChI is InChI=1S/C33H49FN6O4/c1-6-28-21-43-19-23(3)39(28)17-29-15-36-22(2)16-38(29)18-31(41)40-24(4)20-44-33-30(40)14-26(32(37-33)35-11-12-42-5)13-25-7-9-27(34)10-8-25/h7-10,14,22-24,28-29,36H,6,11-13,15-21H2,1-5H3,(H,35,37)/t22-,23-,24+,28-,29-/m1/s1. The number of fused-ring (bicyclic) bond motifs is 1. The van der Waals surface area contributed by atoms with Crippen molar-refractivity contribution in [2.24, 2.45) is 0 Å². The summed E-state index contributed by atoms with van der Waals surface area (Å²) < 4.78 is 30.8. The van der Waals surface area contributed by atoms with E-state index >= 15 is 0 Å². The van der Waals surface area contributed by atoms with E-state index in [-0.39, 0.29) is 23.8 Å². The molecule has 0 saturated carbocycles. The number of hydrogen-bond acceptors (Lipinski definition) is 9. The number of nitrogens with one attached hydrogen (secondary N) is 2. The third kappa shape index (κ3) is 7.69. The molecule has 3 aliphatic heterocycles. The van der Waals surface area contributed by atoms with Crippen LogP contribution in [0.2, 0.25) is 0 Å². The summed E-state index contributed by atoms with van der Waals surface area (Å²) in [4.78, 5) is 25.9. The molecule has 1 aromatic heterocycles. The fraction of sp³-hybridized carbons (Fsp3) is 0.636. The summed E-state index contributed by atoms with van der Waals surface area (Å²) in [6, 6.07) is 9.57. The Labute approximate surface area is 261 Å². The molecule has 0 unspecified atom stereocenters. The maximum Gasteiger partial charge on any atom is 0.241 e. The van der Waals surface area contributed by atoms with E-state index in [0.29, 0.717) is 68.2 Å². The fourth-order valence-electron chi connectivity index (χ4n) is 6.58. The van der Waals surface area contributed by atoms with Gasteiger partial charge in [0.05, 0.1) is 32.4 Å². The van der Waals surface area contributed by atoms with Gasteiger partial charge in [0.25, 0.3) is 0 Å². The number of piperazine rings is 1. The Balaban J connectivity index is 1.39. The van der Waals surface area contributed by atoms with Crippen molar-refractivity contribution in [3.05, 3.63) is 47.3 Å². The summed E-state index contributed by atoms with van der Waals surface area (Å²) in [5, 5.41) is 7.00. The van der Waals surface area contributed by atoms with Crippen molar-refractivity contribution in [3.63, 3.8) is 0 Å². The van der Waals surface area contributed by atoms with Crippen molar-refractivity contribution >= 4 is 17.4 Å². The molecule has 0 spiro atoms. The van der Waals surface area contributed by atoms with Crippen LogP contribution in [0.1, 0.15) is 45.2 Å². The van der Waals surface area contributed by atoms with E-state index in [1.54, 1.807) is 19.2 Å². The molecule has 3 aliphatic rings. The van der Waals surface area contributed by atoms with Gasteiger partial charge in [-0.3, -0.25) is 14.6 Å². The van der Waals surface area contributed by atoms with Gasteiger partial charge in [-0.05, 0) is 51.0 Å². The first-order valence-corrected chi connectivity index (χ1v) is 16.0. The first kappa shape index (κ1) is 32.6. The Morgan fingerprint density at radius 2 is 1.93 bits per heavy atom. The molecular weight excluding hydrogens is 563 g/mol.